The van der Waals surface area contributed by atoms with Crippen molar-refractivity contribution < 1.29 is 18.3 Å². The maximum absolute atomic E-state index is 15.1. The van der Waals surface area contributed by atoms with Gasteiger partial charge in [0.15, 0.2) is 0 Å². The van der Waals surface area contributed by atoms with E-state index in [9.17, 15) is 4.79 Å². The predicted octanol–water partition coefficient (Wildman–Crippen LogP) is 5.22. The van der Waals surface area contributed by atoms with E-state index in [0.717, 1.165) is 16.7 Å². The van der Waals surface area contributed by atoms with Crippen LogP contribution < -0.4 is 0 Å². The zero-order valence-corrected chi connectivity index (χ0v) is 16.4. The van der Waals surface area contributed by atoms with Gasteiger partial charge in [-0.25, -0.2) is 13.6 Å². The first-order valence-electron chi connectivity index (χ1n) is 9.59. The predicted molar refractivity (Wildman–Crippen MR) is 104 cm³/mol. The standard InChI is InChI=1S/C22H22ClF2NO2/c1-2-28-21(27)26-10-8-14-6-7-16-13-22(24,25)20(19(16)18(14)9-11-26)15-4-3-5-17(23)12-15/h3-7,12,20H,2,8-11,13H2,1H3. The first kappa shape index (κ1) is 19.2. The Bertz CT molecular complexity index is 915. The number of amides is 1. The third-order valence-electron chi connectivity index (χ3n) is 5.67. The van der Waals surface area contributed by atoms with Crippen LogP contribution in [0, 0.1) is 0 Å². The van der Waals surface area contributed by atoms with Crippen LogP contribution in [0.1, 0.15) is 40.7 Å². The molecule has 0 bridgehead atoms. The molecule has 4 rings (SSSR count). The Balaban J connectivity index is 1.75. The number of ether oxygens (including phenoxy) is 1. The first-order valence-corrected chi connectivity index (χ1v) is 9.97. The van der Waals surface area contributed by atoms with E-state index >= 15 is 8.78 Å². The quantitative estimate of drug-likeness (QED) is 0.685. The molecular weight excluding hydrogens is 384 g/mol. The lowest BCUT2D eigenvalue weighted by Gasteiger charge is -2.23. The van der Waals surface area contributed by atoms with Crippen molar-refractivity contribution in [3.63, 3.8) is 0 Å². The van der Waals surface area contributed by atoms with Crippen LogP contribution in [0.2, 0.25) is 5.02 Å². The molecule has 0 radical (unpaired) electrons. The lowest BCUT2D eigenvalue weighted by molar-refractivity contribution is -0.00373. The highest BCUT2D eigenvalue weighted by atomic mass is 35.5. The minimum absolute atomic E-state index is 0.269. The van der Waals surface area contributed by atoms with Crippen molar-refractivity contribution in [2.24, 2.45) is 0 Å². The van der Waals surface area contributed by atoms with Crippen LogP contribution >= 0.6 is 11.6 Å². The van der Waals surface area contributed by atoms with E-state index in [1.807, 2.05) is 12.1 Å². The largest absolute Gasteiger partial charge is 0.450 e. The second-order valence-corrected chi connectivity index (χ2v) is 7.82. The van der Waals surface area contributed by atoms with Crippen LogP contribution in [0.5, 0.6) is 0 Å². The number of fused-ring (bicyclic) bond motifs is 3. The Hall–Kier alpha value is -2.14. The smallest absolute Gasteiger partial charge is 0.409 e. The average Bonchev–Trinajstić information content (AvgIpc) is 2.78. The normalized spacial score (nSPS) is 20.3. The fourth-order valence-corrected chi connectivity index (χ4v) is 4.68. The van der Waals surface area contributed by atoms with Gasteiger partial charge in [0.25, 0.3) is 5.92 Å². The summed E-state index contributed by atoms with van der Waals surface area (Å²) in [6.07, 6.45) is 0.567. The summed E-state index contributed by atoms with van der Waals surface area (Å²) in [5.41, 5.74) is 3.94. The maximum atomic E-state index is 15.1. The molecule has 2 aliphatic rings. The fourth-order valence-electron chi connectivity index (χ4n) is 4.48. The van der Waals surface area contributed by atoms with E-state index in [2.05, 4.69) is 0 Å². The number of carbonyl (C=O) groups excluding carboxylic acids is 1. The molecule has 1 amide bonds. The molecule has 1 heterocycles. The highest BCUT2D eigenvalue weighted by Gasteiger charge is 2.49. The molecule has 0 saturated carbocycles. The average molecular weight is 406 g/mol. The third kappa shape index (κ3) is 3.37. The molecule has 148 valence electrons. The third-order valence-corrected chi connectivity index (χ3v) is 5.91. The second-order valence-electron chi connectivity index (χ2n) is 7.39. The SMILES string of the molecule is CCOC(=O)N1CCc2ccc3c(c2CC1)C(c1cccc(Cl)c1)C(F)(F)C3. The Morgan fingerprint density at radius 3 is 2.71 bits per heavy atom. The Morgan fingerprint density at radius 2 is 1.96 bits per heavy atom. The molecule has 28 heavy (non-hydrogen) atoms. The highest BCUT2D eigenvalue weighted by Crippen LogP contribution is 2.51. The highest BCUT2D eigenvalue weighted by molar-refractivity contribution is 6.30. The number of rotatable bonds is 2. The van der Waals surface area contributed by atoms with Gasteiger partial charge in [-0.15, -0.1) is 0 Å². The van der Waals surface area contributed by atoms with Crippen molar-refractivity contribution in [1.29, 1.82) is 0 Å². The summed E-state index contributed by atoms with van der Waals surface area (Å²) in [7, 11) is 0. The molecule has 6 heteroatoms. The van der Waals surface area contributed by atoms with Gasteiger partial charge in [0.1, 0.15) is 0 Å². The Labute approximate surface area is 168 Å². The number of halogens is 3. The van der Waals surface area contributed by atoms with E-state index in [-0.39, 0.29) is 12.5 Å². The molecule has 0 N–H and O–H groups in total. The molecule has 2 aromatic rings. The number of alkyl halides is 2. The lowest BCUT2D eigenvalue weighted by Crippen LogP contribution is -2.33. The molecule has 0 saturated heterocycles. The van der Waals surface area contributed by atoms with Crippen LogP contribution in [0.25, 0.3) is 0 Å². The van der Waals surface area contributed by atoms with Crippen molar-refractivity contribution >= 4 is 17.7 Å². The van der Waals surface area contributed by atoms with Gasteiger partial charge in [0.2, 0.25) is 0 Å². The van der Waals surface area contributed by atoms with E-state index < -0.39 is 11.8 Å². The molecule has 3 nitrogen and oxygen atoms in total. The molecule has 2 aromatic carbocycles. The topological polar surface area (TPSA) is 29.5 Å². The maximum Gasteiger partial charge on any atom is 0.409 e. The van der Waals surface area contributed by atoms with E-state index in [1.165, 1.54) is 0 Å². The summed E-state index contributed by atoms with van der Waals surface area (Å²) >= 11 is 6.09. The van der Waals surface area contributed by atoms with Crippen molar-refractivity contribution in [2.45, 2.75) is 38.0 Å². The van der Waals surface area contributed by atoms with E-state index in [4.69, 9.17) is 16.3 Å². The van der Waals surface area contributed by atoms with Gasteiger partial charge in [0, 0.05) is 24.5 Å². The number of nitrogens with zero attached hydrogens (tertiary/aromatic N) is 1. The van der Waals surface area contributed by atoms with E-state index in [0.29, 0.717) is 48.7 Å². The van der Waals surface area contributed by atoms with Crippen molar-refractivity contribution in [2.75, 3.05) is 19.7 Å². The van der Waals surface area contributed by atoms with Gasteiger partial charge < -0.3 is 9.64 Å². The van der Waals surface area contributed by atoms with Gasteiger partial charge in [-0.1, -0.05) is 35.9 Å². The number of carbonyl (C=O) groups is 1. The van der Waals surface area contributed by atoms with Crippen LogP contribution in [0.4, 0.5) is 13.6 Å². The van der Waals surface area contributed by atoms with Crippen molar-refractivity contribution in [3.8, 4) is 0 Å². The summed E-state index contributed by atoms with van der Waals surface area (Å²) in [4.78, 5) is 13.8. The fraction of sp³-hybridized carbons (Fsp3) is 0.409. The molecule has 1 aliphatic heterocycles. The van der Waals surface area contributed by atoms with Gasteiger partial charge in [-0.3, -0.25) is 0 Å². The summed E-state index contributed by atoms with van der Waals surface area (Å²) in [6.45, 7) is 3.09. The van der Waals surface area contributed by atoms with Gasteiger partial charge >= 0.3 is 6.09 Å². The number of hydrogen-bond acceptors (Lipinski definition) is 2. The molecule has 1 unspecified atom stereocenters. The van der Waals surface area contributed by atoms with Crippen LogP contribution in [0.3, 0.4) is 0 Å². The molecule has 1 aliphatic carbocycles. The first-order chi connectivity index (χ1) is 13.4. The monoisotopic (exact) mass is 405 g/mol. The van der Waals surface area contributed by atoms with Crippen LogP contribution in [-0.4, -0.2) is 36.6 Å². The summed E-state index contributed by atoms with van der Waals surface area (Å²) < 4.78 is 35.3. The Morgan fingerprint density at radius 1 is 1.21 bits per heavy atom. The molecule has 1 atom stereocenters. The summed E-state index contributed by atoms with van der Waals surface area (Å²) in [6, 6.07) is 10.5. The summed E-state index contributed by atoms with van der Waals surface area (Å²) in [5, 5.41) is 0.456. The zero-order chi connectivity index (χ0) is 19.9. The van der Waals surface area contributed by atoms with Crippen molar-refractivity contribution in [1.82, 2.24) is 4.90 Å². The van der Waals surface area contributed by atoms with Gasteiger partial charge in [-0.2, -0.15) is 0 Å². The zero-order valence-electron chi connectivity index (χ0n) is 15.7. The van der Waals surface area contributed by atoms with E-state index in [1.54, 1.807) is 36.1 Å². The molecular formula is C22H22ClF2NO2. The minimum Gasteiger partial charge on any atom is -0.450 e. The molecule has 0 spiro atoms. The van der Waals surface area contributed by atoms with Gasteiger partial charge in [-0.05, 0) is 59.7 Å². The van der Waals surface area contributed by atoms with Gasteiger partial charge in [0.05, 0.1) is 12.5 Å². The van der Waals surface area contributed by atoms with Crippen molar-refractivity contribution in [3.05, 3.63) is 69.2 Å². The second kappa shape index (κ2) is 7.36. The lowest BCUT2D eigenvalue weighted by atomic mass is 9.85. The Kier molecular flexibility index (Phi) is 5.04. The van der Waals surface area contributed by atoms with Crippen LogP contribution in [-0.2, 0) is 24.0 Å². The minimum atomic E-state index is -2.87. The number of hydrogen-bond donors (Lipinski definition) is 0. The van der Waals surface area contributed by atoms with Crippen LogP contribution in [0.15, 0.2) is 36.4 Å². The molecule has 0 fully saturated rings. The number of benzene rings is 2. The molecule has 0 aromatic heterocycles. The summed E-state index contributed by atoms with van der Waals surface area (Å²) in [5.74, 6) is -3.87.